The molecular weight excluding hydrogens is 248 g/mol. The number of aryl methyl sites for hydroxylation is 1. The van der Waals surface area contributed by atoms with Gasteiger partial charge in [0.1, 0.15) is 5.75 Å². The third-order valence-corrected chi connectivity index (χ3v) is 4.44. The van der Waals surface area contributed by atoms with Gasteiger partial charge in [-0.2, -0.15) is 0 Å². The first-order chi connectivity index (χ1) is 9.66. The molecule has 0 bridgehead atoms. The summed E-state index contributed by atoms with van der Waals surface area (Å²) in [5.41, 5.74) is 4.07. The van der Waals surface area contributed by atoms with Gasteiger partial charge in [0.05, 0.1) is 6.61 Å². The van der Waals surface area contributed by atoms with E-state index in [1.807, 2.05) is 0 Å². The van der Waals surface area contributed by atoms with Gasteiger partial charge in [-0.25, -0.2) is 0 Å². The van der Waals surface area contributed by atoms with E-state index in [1.165, 1.54) is 22.0 Å². The maximum absolute atomic E-state index is 5.80. The Hall–Kier alpha value is -1.48. The van der Waals surface area contributed by atoms with Crippen LogP contribution in [-0.4, -0.2) is 36.1 Å². The number of fused-ring (bicyclic) bond motifs is 3. The van der Waals surface area contributed by atoms with Gasteiger partial charge in [0.15, 0.2) is 0 Å². The van der Waals surface area contributed by atoms with Crippen LogP contribution in [0.15, 0.2) is 18.3 Å². The van der Waals surface area contributed by atoms with Gasteiger partial charge in [-0.15, -0.1) is 0 Å². The minimum atomic E-state index is 0.595. The highest BCUT2D eigenvalue weighted by Gasteiger charge is 2.17. The van der Waals surface area contributed by atoms with Gasteiger partial charge in [-0.1, -0.05) is 0 Å². The second-order valence-corrected chi connectivity index (χ2v) is 6.06. The summed E-state index contributed by atoms with van der Waals surface area (Å²) in [6, 6.07) is 4.85. The Morgan fingerprint density at radius 3 is 3.00 bits per heavy atom. The fourth-order valence-electron chi connectivity index (χ4n) is 2.92. The van der Waals surface area contributed by atoms with Crippen molar-refractivity contribution >= 4 is 10.9 Å². The summed E-state index contributed by atoms with van der Waals surface area (Å²) in [4.78, 5) is 5.81. The van der Waals surface area contributed by atoms with Crippen LogP contribution in [0.3, 0.4) is 0 Å². The molecule has 1 aliphatic rings. The summed E-state index contributed by atoms with van der Waals surface area (Å²) >= 11 is 0. The third-order valence-electron chi connectivity index (χ3n) is 4.44. The molecule has 3 rings (SSSR count). The molecule has 0 saturated carbocycles. The minimum Gasteiger partial charge on any atom is -0.493 e. The lowest BCUT2D eigenvalue weighted by molar-refractivity contribution is 0.277. The Morgan fingerprint density at radius 1 is 1.35 bits per heavy atom. The molecule has 1 aliphatic heterocycles. The van der Waals surface area contributed by atoms with Gasteiger partial charge in [0, 0.05) is 35.2 Å². The fraction of sp³-hybridized carbons (Fsp3) is 0.529. The van der Waals surface area contributed by atoms with Crippen molar-refractivity contribution in [2.24, 2.45) is 0 Å². The number of H-pyrrole nitrogens is 1. The number of hydrogen-bond acceptors (Lipinski definition) is 2. The highest BCUT2D eigenvalue weighted by atomic mass is 16.5. The van der Waals surface area contributed by atoms with E-state index in [-0.39, 0.29) is 0 Å². The van der Waals surface area contributed by atoms with Gasteiger partial charge in [-0.05, 0) is 57.9 Å². The fourth-order valence-corrected chi connectivity index (χ4v) is 2.92. The van der Waals surface area contributed by atoms with E-state index >= 15 is 0 Å². The Balaban J connectivity index is 1.91. The van der Waals surface area contributed by atoms with Gasteiger partial charge in [0.25, 0.3) is 0 Å². The highest BCUT2D eigenvalue weighted by Crippen LogP contribution is 2.34. The molecule has 1 aromatic carbocycles. The van der Waals surface area contributed by atoms with Crippen LogP contribution in [0.5, 0.6) is 5.75 Å². The highest BCUT2D eigenvalue weighted by molar-refractivity contribution is 5.89. The van der Waals surface area contributed by atoms with Crippen molar-refractivity contribution < 1.29 is 4.74 Å². The lowest BCUT2D eigenvalue weighted by Crippen LogP contribution is -2.28. The number of nitrogens with one attached hydrogen (secondary N) is 1. The van der Waals surface area contributed by atoms with Crippen LogP contribution in [0.1, 0.15) is 31.4 Å². The Labute approximate surface area is 120 Å². The predicted octanol–water partition coefficient (Wildman–Crippen LogP) is 3.38. The molecular formula is C17H24N2O. The summed E-state index contributed by atoms with van der Waals surface area (Å²) < 4.78 is 5.80. The van der Waals surface area contributed by atoms with Crippen molar-refractivity contribution in [3.63, 3.8) is 0 Å². The van der Waals surface area contributed by atoms with E-state index in [0.29, 0.717) is 6.04 Å². The first kappa shape index (κ1) is 13.5. The van der Waals surface area contributed by atoms with Crippen molar-refractivity contribution in [3.8, 4) is 5.75 Å². The number of likely N-dealkylation sites (N-methyl/N-ethyl adjacent to an activating group) is 1. The van der Waals surface area contributed by atoms with Crippen molar-refractivity contribution in [3.05, 3.63) is 29.5 Å². The molecule has 0 atom stereocenters. The predicted molar refractivity (Wildman–Crippen MR) is 83.6 cm³/mol. The van der Waals surface area contributed by atoms with E-state index in [9.17, 15) is 0 Å². The largest absolute Gasteiger partial charge is 0.493 e. The summed E-state index contributed by atoms with van der Waals surface area (Å²) in [6.07, 6.45) is 5.53. The lowest BCUT2D eigenvalue weighted by Gasteiger charge is -2.21. The van der Waals surface area contributed by atoms with Gasteiger partial charge in [0.2, 0.25) is 0 Å². The molecule has 1 aromatic heterocycles. The van der Waals surface area contributed by atoms with Gasteiger partial charge >= 0.3 is 0 Å². The normalized spacial score (nSPS) is 14.8. The van der Waals surface area contributed by atoms with E-state index < -0.39 is 0 Å². The summed E-state index contributed by atoms with van der Waals surface area (Å²) in [5, 5.41) is 1.40. The number of hydrogen-bond donors (Lipinski definition) is 1. The van der Waals surface area contributed by atoms with E-state index in [1.54, 1.807) is 0 Å². The van der Waals surface area contributed by atoms with Crippen LogP contribution in [0.25, 0.3) is 10.9 Å². The van der Waals surface area contributed by atoms with Crippen LogP contribution in [-0.2, 0) is 12.8 Å². The summed E-state index contributed by atoms with van der Waals surface area (Å²) in [5.74, 6) is 1.09. The van der Waals surface area contributed by atoms with Crippen LogP contribution < -0.4 is 4.74 Å². The van der Waals surface area contributed by atoms with Crippen LogP contribution in [0, 0.1) is 0 Å². The molecule has 0 radical (unpaired) electrons. The zero-order valence-electron chi connectivity index (χ0n) is 12.7. The van der Waals surface area contributed by atoms with E-state index in [4.69, 9.17) is 4.74 Å². The first-order valence-corrected chi connectivity index (χ1v) is 7.61. The molecule has 3 nitrogen and oxygen atoms in total. The van der Waals surface area contributed by atoms with Crippen molar-refractivity contribution in [2.75, 3.05) is 20.2 Å². The molecule has 3 heteroatoms. The molecule has 0 unspecified atom stereocenters. The maximum Gasteiger partial charge on any atom is 0.123 e. The standard InChI is InChI=1S/C17H24N2O/c1-12(2)19(3)9-8-13-11-18-15-6-7-16-14(17(13)15)5-4-10-20-16/h6-7,11-12,18H,4-5,8-10H2,1-3H3. The topological polar surface area (TPSA) is 28.3 Å². The zero-order valence-corrected chi connectivity index (χ0v) is 12.7. The van der Waals surface area contributed by atoms with E-state index in [0.717, 1.165) is 38.2 Å². The minimum absolute atomic E-state index is 0.595. The second-order valence-electron chi connectivity index (χ2n) is 6.06. The van der Waals surface area contributed by atoms with Crippen molar-refractivity contribution in [1.29, 1.82) is 0 Å². The molecule has 2 aromatic rings. The smallest absolute Gasteiger partial charge is 0.123 e. The molecule has 1 N–H and O–H groups in total. The van der Waals surface area contributed by atoms with Crippen molar-refractivity contribution in [2.45, 2.75) is 39.2 Å². The molecule has 0 amide bonds. The number of nitrogens with zero attached hydrogens (tertiary/aromatic N) is 1. The molecule has 0 aliphatic carbocycles. The Morgan fingerprint density at radius 2 is 2.20 bits per heavy atom. The molecule has 20 heavy (non-hydrogen) atoms. The molecule has 0 spiro atoms. The van der Waals surface area contributed by atoms with Crippen molar-refractivity contribution in [1.82, 2.24) is 9.88 Å². The van der Waals surface area contributed by atoms with Crippen LogP contribution in [0.2, 0.25) is 0 Å². The van der Waals surface area contributed by atoms with Gasteiger partial charge < -0.3 is 14.6 Å². The molecule has 0 fully saturated rings. The van der Waals surface area contributed by atoms with E-state index in [2.05, 4.69) is 49.1 Å². The number of aromatic nitrogens is 1. The number of benzene rings is 1. The quantitative estimate of drug-likeness (QED) is 0.924. The number of aromatic amines is 1. The Bertz CT molecular complexity index is 600. The summed E-state index contributed by atoms with van der Waals surface area (Å²) in [6.45, 7) is 6.43. The second kappa shape index (κ2) is 5.49. The molecule has 0 saturated heterocycles. The monoisotopic (exact) mass is 272 g/mol. The lowest BCUT2D eigenvalue weighted by atomic mass is 9.98. The maximum atomic E-state index is 5.80. The SMILES string of the molecule is CC(C)N(C)CCc1c[nH]c2ccc3c(c12)CCCO3. The molecule has 2 heterocycles. The van der Waals surface area contributed by atoms with Crippen LogP contribution in [0.4, 0.5) is 0 Å². The average molecular weight is 272 g/mol. The van der Waals surface area contributed by atoms with Gasteiger partial charge in [-0.3, -0.25) is 0 Å². The molecule has 108 valence electrons. The zero-order chi connectivity index (χ0) is 14.1. The first-order valence-electron chi connectivity index (χ1n) is 7.61. The Kier molecular flexibility index (Phi) is 3.70. The third kappa shape index (κ3) is 2.42. The number of rotatable bonds is 4. The summed E-state index contributed by atoms with van der Waals surface area (Å²) in [7, 11) is 2.19. The number of ether oxygens (including phenoxy) is 1. The van der Waals surface area contributed by atoms with Crippen LogP contribution >= 0.6 is 0 Å². The average Bonchev–Trinajstić information content (AvgIpc) is 2.88.